The third kappa shape index (κ3) is 1.44. The Morgan fingerprint density at radius 2 is 2.25 bits per heavy atom. The van der Waals surface area contributed by atoms with Gasteiger partial charge in [-0.1, -0.05) is 12.2 Å². The van der Waals surface area contributed by atoms with Crippen molar-refractivity contribution in [1.29, 1.82) is 0 Å². The predicted octanol–water partition coefficient (Wildman–Crippen LogP) is 0.370. The van der Waals surface area contributed by atoms with E-state index in [1.165, 1.54) is 0 Å². The first-order chi connectivity index (χ1) is 7.75. The van der Waals surface area contributed by atoms with Crippen molar-refractivity contribution >= 4 is 5.97 Å². The largest absolute Gasteiger partial charge is 0.477 e. The summed E-state index contributed by atoms with van der Waals surface area (Å²) in [5.74, 6) is -0.337. The molecule has 2 heterocycles. The first-order valence-corrected chi connectivity index (χ1v) is 5.53. The third-order valence-electron chi connectivity index (χ3n) is 3.56. The monoisotopic (exact) mass is 222 g/mol. The van der Waals surface area contributed by atoms with Crippen LogP contribution in [0.1, 0.15) is 12.8 Å². The minimum atomic E-state index is -0.916. The summed E-state index contributed by atoms with van der Waals surface area (Å²) in [7, 11) is 0. The Morgan fingerprint density at radius 3 is 3.06 bits per heavy atom. The van der Waals surface area contributed by atoms with Crippen molar-refractivity contribution in [3.05, 3.63) is 23.9 Å². The number of aliphatic carboxylic acids is 1. The zero-order valence-corrected chi connectivity index (χ0v) is 8.72. The second kappa shape index (κ2) is 3.61. The molecule has 0 aromatic carbocycles. The van der Waals surface area contributed by atoms with Gasteiger partial charge < -0.3 is 10.4 Å². The van der Waals surface area contributed by atoms with Crippen molar-refractivity contribution in [3.63, 3.8) is 0 Å². The minimum Gasteiger partial charge on any atom is -0.477 e. The van der Waals surface area contributed by atoms with Crippen LogP contribution in [0, 0.1) is 11.8 Å². The summed E-state index contributed by atoms with van der Waals surface area (Å²) in [4.78, 5) is 16.3. The molecule has 4 unspecified atom stereocenters. The van der Waals surface area contributed by atoms with Gasteiger partial charge in [0, 0.05) is 12.0 Å². The lowest BCUT2D eigenvalue weighted by molar-refractivity contribution is -0.138. The smallest absolute Gasteiger partial charge is 0.351 e. The second-order valence-corrected chi connectivity index (χ2v) is 4.48. The Kier molecular flexibility index (Phi) is 2.22. The van der Waals surface area contributed by atoms with Gasteiger partial charge in [-0.3, -0.25) is 4.84 Å². The lowest BCUT2D eigenvalue weighted by Gasteiger charge is -2.40. The van der Waals surface area contributed by atoms with E-state index >= 15 is 0 Å². The molecular formula is C11H14N2O3. The van der Waals surface area contributed by atoms with E-state index in [4.69, 9.17) is 9.94 Å². The molecular weight excluding hydrogens is 208 g/mol. The van der Waals surface area contributed by atoms with Crippen LogP contribution in [0.4, 0.5) is 0 Å². The van der Waals surface area contributed by atoms with Crippen LogP contribution in [0.3, 0.4) is 0 Å². The number of carboxylic acid groups (broad SMARTS) is 1. The lowest BCUT2D eigenvalue weighted by atomic mass is 9.78. The highest BCUT2D eigenvalue weighted by Crippen LogP contribution is 2.36. The molecule has 4 atom stereocenters. The number of carboxylic acids is 1. The molecule has 0 saturated carbocycles. The maximum absolute atomic E-state index is 10.9. The van der Waals surface area contributed by atoms with Crippen molar-refractivity contribution in [2.75, 3.05) is 0 Å². The zero-order valence-electron chi connectivity index (χ0n) is 8.72. The van der Waals surface area contributed by atoms with Crippen LogP contribution in [0.2, 0.25) is 0 Å². The Bertz CT molecular complexity index is 377. The first kappa shape index (κ1) is 9.86. The standard InChI is InChI=1S/C11H14N2O3/c14-11(15)9-5-7-6-3-1-2-4-8(6)13-16-10(7)12-9/h1-2,5-8,10,12-13H,3-4H2,(H,14,15). The third-order valence-corrected chi connectivity index (χ3v) is 3.56. The molecule has 3 rings (SSSR count). The number of hydrogen-bond donors (Lipinski definition) is 3. The summed E-state index contributed by atoms with van der Waals surface area (Å²) in [5.41, 5.74) is 3.27. The number of fused-ring (bicyclic) bond motifs is 3. The molecule has 0 bridgehead atoms. The molecule has 3 N–H and O–H groups in total. The molecule has 0 spiro atoms. The van der Waals surface area contributed by atoms with Crippen molar-refractivity contribution in [2.24, 2.45) is 11.8 Å². The van der Waals surface area contributed by atoms with Crippen LogP contribution in [-0.2, 0) is 9.63 Å². The van der Waals surface area contributed by atoms with Gasteiger partial charge in [-0.2, -0.15) is 5.48 Å². The topological polar surface area (TPSA) is 70.6 Å². The zero-order chi connectivity index (χ0) is 11.1. The maximum Gasteiger partial charge on any atom is 0.351 e. The van der Waals surface area contributed by atoms with Crippen LogP contribution in [0.15, 0.2) is 23.9 Å². The molecule has 0 radical (unpaired) electrons. The van der Waals surface area contributed by atoms with Gasteiger partial charge in [0.1, 0.15) is 5.70 Å². The normalized spacial score (nSPS) is 40.6. The molecule has 1 aliphatic carbocycles. The van der Waals surface area contributed by atoms with E-state index in [1.807, 2.05) is 0 Å². The van der Waals surface area contributed by atoms with E-state index in [1.54, 1.807) is 6.08 Å². The number of rotatable bonds is 1. The van der Waals surface area contributed by atoms with Gasteiger partial charge in [-0.25, -0.2) is 4.79 Å². The Balaban J connectivity index is 1.85. The van der Waals surface area contributed by atoms with Crippen LogP contribution in [0.25, 0.3) is 0 Å². The predicted molar refractivity (Wildman–Crippen MR) is 56.0 cm³/mol. The van der Waals surface area contributed by atoms with E-state index in [0.29, 0.717) is 12.0 Å². The molecule has 0 amide bonds. The highest BCUT2D eigenvalue weighted by molar-refractivity contribution is 5.86. The molecule has 1 fully saturated rings. The highest BCUT2D eigenvalue weighted by atomic mass is 16.7. The summed E-state index contributed by atoms with van der Waals surface area (Å²) < 4.78 is 0. The van der Waals surface area contributed by atoms with Gasteiger partial charge >= 0.3 is 5.97 Å². The number of allylic oxidation sites excluding steroid dienone is 1. The van der Waals surface area contributed by atoms with Crippen molar-refractivity contribution in [3.8, 4) is 0 Å². The summed E-state index contributed by atoms with van der Waals surface area (Å²) in [6, 6.07) is 0.303. The van der Waals surface area contributed by atoms with Crippen LogP contribution in [-0.4, -0.2) is 23.3 Å². The maximum atomic E-state index is 10.9. The molecule has 5 nitrogen and oxygen atoms in total. The van der Waals surface area contributed by atoms with Crippen LogP contribution in [0.5, 0.6) is 0 Å². The quantitative estimate of drug-likeness (QED) is 0.559. The molecule has 5 heteroatoms. The Labute approximate surface area is 93.1 Å². The molecule has 2 aliphatic heterocycles. The summed E-state index contributed by atoms with van der Waals surface area (Å²) in [6.45, 7) is 0. The SMILES string of the molecule is O=C(O)C1=CC2C(N1)ONC1CC=CCC12. The van der Waals surface area contributed by atoms with E-state index in [-0.39, 0.29) is 17.8 Å². The summed E-state index contributed by atoms with van der Waals surface area (Å²) in [5, 5.41) is 11.8. The van der Waals surface area contributed by atoms with Gasteiger partial charge in [0.25, 0.3) is 0 Å². The van der Waals surface area contributed by atoms with E-state index in [0.717, 1.165) is 12.8 Å². The molecule has 16 heavy (non-hydrogen) atoms. The molecule has 1 saturated heterocycles. The fourth-order valence-corrected chi connectivity index (χ4v) is 2.72. The van der Waals surface area contributed by atoms with Crippen molar-refractivity contribution in [2.45, 2.75) is 25.1 Å². The number of hydroxylamine groups is 1. The number of carbonyl (C=O) groups is 1. The van der Waals surface area contributed by atoms with E-state index in [9.17, 15) is 4.79 Å². The second-order valence-electron chi connectivity index (χ2n) is 4.48. The van der Waals surface area contributed by atoms with E-state index < -0.39 is 5.97 Å². The summed E-state index contributed by atoms with van der Waals surface area (Å²) in [6.07, 6.45) is 7.79. The van der Waals surface area contributed by atoms with Gasteiger partial charge in [0.05, 0.1) is 0 Å². The fourth-order valence-electron chi connectivity index (χ4n) is 2.72. The fraction of sp³-hybridized carbons (Fsp3) is 0.545. The lowest BCUT2D eigenvalue weighted by Crippen LogP contribution is -2.54. The highest BCUT2D eigenvalue weighted by Gasteiger charge is 2.43. The van der Waals surface area contributed by atoms with Crippen molar-refractivity contribution in [1.82, 2.24) is 10.8 Å². The average molecular weight is 222 g/mol. The molecule has 0 aromatic rings. The average Bonchev–Trinajstić information content (AvgIpc) is 2.73. The van der Waals surface area contributed by atoms with Gasteiger partial charge in [0.2, 0.25) is 0 Å². The summed E-state index contributed by atoms with van der Waals surface area (Å²) >= 11 is 0. The minimum absolute atomic E-state index is 0.155. The molecule has 3 aliphatic rings. The number of nitrogens with one attached hydrogen (secondary N) is 2. The van der Waals surface area contributed by atoms with Crippen molar-refractivity contribution < 1.29 is 14.7 Å². The van der Waals surface area contributed by atoms with Gasteiger partial charge in [-0.15, -0.1) is 0 Å². The molecule has 0 aromatic heterocycles. The van der Waals surface area contributed by atoms with Gasteiger partial charge in [0.15, 0.2) is 6.23 Å². The molecule has 86 valence electrons. The van der Waals surface area contributed by atoms with Crippen LogP contribution < -0.4 is 10.8 Å². The van der Waals surface area contributed by atoms with Gasteiger partial charge in [-0.05, 0) is 24.8 Å². The first-order valence-electron chi connectivity index (χ1n) is 5.53. The number of hydrogen-bond acceptors (Lipinski definition) is 4. The van der Waals surface area contributed by atoms with E-state index in [2.05, 4.69) is 22.9 Å². The van der Waals surface area contributed by atoms with Crippen LogP contribution >= 0.6 is 0 Å². The Hall–Kier alpha value is -1.33. The Morgan fingerprint density at radius 1 is 1.44 bits per heavy atom.